The molecule has 1 aromatic carbocycles. The second-order valence-electron chi connectivity index (χ2n) is 3.93. The number of benzene rings is 1. The number of halogens is 1. The lowest BCUT2D eigenvalue weighted by Crippen LogP contribution is -2.35. The first kappa shape index (κ1) is 14.4. The fourth-order valence-corrected chi connectivity index (χ4v) is 1.51. The number of nitrogens with one attached hydrogen (secondary N) is 1. The summed E-state index contributed by atoms with van der Waals surface area (Å²) in [6.45, 7) is 2.79. The number of ether oxygens (including phenoxy) is 1. The first-order chi connectivity index (χ1) is 8.08. The van der Waals surface area contributed by atoms with Gasteiger partial charge in [0.15, 0.2) is 0 Å². The zero-order chi connectivity index (χ0) is 12.7. The molecule has 0 aromatic heterocycles. The van der Waals surface area contributed by atoms with E-state index in [4.69, 9.17) is 9.84 Å². The van der Waals surface area contributed by atoms with Crippen LogP contribution in [0.1, 0.15) is 6.92 Å². The molecular formula is C12H18BrNO3. The molecule has 1 aromatic rings. The quantitative estimate of drug-likeness (QED) is 0.707. The summed E-state index contributed by atoms with van der Waals surface area (Å²) in [4.78, 5) is 0. The highest BCUT2D eigenvalue weighted by Crippen LogP contribution is 2.16. The van der Waals surface area contributed by atoms with Crippen molar-refractivity contribution in [2.75, 3.05) is 19.7 Å². The van der Waals surface area contributed by atoms with Crippen LogP contribution in [0.5, 0.6) is 5.75 Å². The van der Waals surface area contributed by atoms with Crippen LogP contribution in [0.25, 0.3) is 0 Å². The predicted octanol–water partition coefficient (Wildman–Crippen LogP) is 1.16. The summed E-state index contributed by atoms with van der Waals surface area (Å²) in [5.74, 6) is 0.725. The van der Waals surface area contributed by atoms with Gasteiger partial charge in [-0.1, -0.05) is 15.9 Å². The van der Waals surface area contributed by atoms with E-state index in [1.54, 1.807) is 6.92 Å². The summed E-state index contributed by atoms with van der Waals surface area (Å²) in [7, 11) is 0. The zero-order valence-electron chi connectivity index (χ0n) is 9.77. The molecular weight excluding hydrogens is 286 g/mol. The van der Waals surface area contributed by atoms with Crippen LogP contribution in [0.2, 0.25) is 0 Å². The highest BCUT2D eigenvalue weighted by molar-refractivity contribution is 9.10. The number of hydrogen-bond acceptors (Lipinski definition) is 4. The fourth-order valence-electron chi connectivity index (χ4n) is 1.24. The molecule has 0 fully saturated rings. The van der Waals surface area contributed by atoms with Crippen LogP contribution in [0.3, 0.4) is 0 Å². The van der Waals surface area contributed by atoms with E-state index in [0.717, 1.165) is 10.2 Å². The minimum Gasteiger partial charge on any atom is -0.491 e. The molecule has 1 rings (SSSR count). The Morgan fingerprint density at radius 1 is 1.24 bits per heavy atom. The standard InChI is InChI=1S/C12H18BrNO3/c1-9(15)6-14-7-11(16)8-17-12-4-2-10(13)3-5-12/h2-5,9,11,14-16H,6-8H2,1H3. The van der Waals surface area contributed by atoms with E-state index in [1.807, 2.05) is 24.3 Å². The normalized spacial score (nSPS) is 14.4. The summed E-state index contributed by atoms with van der Waals surface area (Å²) in [5.41, 5.74) is 0. The Labute approximate surface area is 110 Å². The smallest absolute Gasteiger partial charge is 0.119 e. The third kappa shape index (κ3) is 6.63. The van der Waals surface area contributed by atoms with Crippen molar-refractivity contribution in [1.82, 2.24) is 5.32 Å². The molecule has 0 heterocycles. The van der Waals surface area contributed by atoms with E-state index >= 15 is 0 Å². The molecule has 5 heteroatoms. The van der Waals surface area contributed by atoms with Gasteiger partial charge in [-0.25, -0.2) is 0 Å². The minimum atomic E-state index is -0.586. The van der Waals surface area contributed by atoms with E-state index in [1.165, 1.54) is 0 Å². The van der Waals surface area contributed by atoms with Crippen molar-refractivity contribution < 1.29 is 14.9 Å². The molecule has 0 aliphatic rings. The Morgan fingerprint density at radius 3 is 2.47 bits per heavy atom. The molecule has 0 bridgehead atoms. The van der Waals surface area contributed by atoms with Gasteiger partial charge in [-0.15, -0.1) is 0 Å². The average Bonchev–Trinajstić information content (AvgIpc) is 2.28. The number of hydrogen-bond donors (Lipinski definition) is 3. The minimum absolute atomic E-state index is 0.231. The lowest BCUT2D eigenvalue weighted by atomic mass is 10.3. The van der Waals surface area contributed by atoms with Crippen molar-refractivity contribution in [3.05, 3.63) is 28.7 Å². The average molecular weight is 304 g/mol. The van der Waals surface area contributed by atoms with Gasteiger partial charge in [0, 0.05) is 17.6 Å². The zero-order valence-corrected chi connectivity index (χ0v) is 11.4. The van der Waals surface area contributed by atoms with Crippen molar-refractivity contribution in [2.24, 2.45) is 0 Å². The third-order valence-electron chi connectivity index (χ3n) is 2.08. The lowest BCUT2D eigenvalue weighted by Gasteiger charge is -2.14. The van der Waals surface area contributed by atoms with E-state index in [2.05, 4.69) is 21.2 Å². The van der Waals surface area contributed by atoms with Crippen LogP contribution in [0, 0.1) is 0 Å². The molecule has 0 aliphatic carbocycles. The molecule has 17 heavy (non-hydrogen) atoms. The second-order valence-corrected chi connectivity index (χ2v) is 4.84. The van der Waals surface area contributed by atoms with E-state index in [-0.39, 0.29) is 6.61 Å². The van der Waals surface area contributed by atoms with Gasteiger partial charge in [-0.2, -0.15) is 0 Å². The summed E-state index contributed by atoms with van der Waals surface area (Å²) in [5, 5.41) is 21.6. The van der Waals surface area contributed by atoms with Crippen LogP contribution in [-0.2, 0) is 0 Å². The summed E-state index contributed by atoms with van der Waals surface area (Å²) in [6.07, 6.45) is -0.994. The van der Waals surface area contributed by atoms with Crippen LogP contribution in [0.15, 0.2) is 28.7 Å². The first-order valence-electron chi connectivity index (χ1n) is 5.53. The predicted molar refractivity (Wildman–Crippen MR) is 70.2 cm³/mol. The third-order valence-corrected chi connectivity index (χ3v) is 2.60. The monoisotopic (exact) mass is 303 g/mol. The van der Waals surface area contributed by atoms with Crippen LogP contribution < -0.4 is 10.1 Å². The fraction of sp³-hybridized carbons (Fsp3) is 0.500. The molecule has 0 amide bonds. The number of aliphatic hydroxyl groups excluding tert-OH is 2. The summed E-state index contributed by atoms with van der Waals surface area (Å²) < 4.78 is 6.40. The highest BCUT2D eigenvalue weighted by Gasteiger charge is 2.05. The van der Waals surface area contributed by atoms with E-state index < -0.39 is 12.2 Å². The molecule has 4 nitrogen and oxygen atoms in total. The van der Waals surface area contributed by atoms with Gasteiger partial charge < -0.3 is 20.3 Å². The van der Waals surface area contributed by atoms with Crippen molar-refractivity contribution in [3.8, 4) is 5.75 Å². The molecule has 3 N–H and O–H groups in total. The van der Waals surface area contributed by atoms with Gasteiger partial charge in [0.1, 0.15) is 18.5 Å². The first-order valence-corrected chi connectivity index (χ1v) is 6.32. The highest BCUT2D eigenvalue weighted by atomic mass is 79.9. The second kappa shape index (κ2) is 7.66. The van der Waals surface area contributed by atoms with Crippen LogP contribution >= 0.6 is 15.9 Å². The van der Waals surface area contributed by atoms with Crippen molar-refractivity contribution >= 4 is 15.9 Å². The molecule has 0 aliphatic heterocycles. The molecule has 0 saturated carbocycles. The Balaban J connectivity index is 2.19. The van der Waals surface area contributed by atoms with Gasteiger partial charge in [0.25, 0.3) is 0 Å². The molecule has 0 saturated heterocycles. The van der Waals surface area contributed by atoms with Gasteiger partial charge in [-0.3, -0.25) is 0 Å². The molecule has 2 unspecified atom stereocenters. The maximum atomic E-state index is 9.60. The Bertz CT molecular complexity index is 316. The van der Waals surface area contributed by atoms with Crippen molar-refractivity contribution in [3.63, 3.8) is 0 Å². The summed E-state index contributed by atoms with van der Waals surface area (Å²) >= 11 is 3.33. The largest absolute Gasteiger partial charge is 0.491 e. The maximum Gasteiger partial charge on any atom is 0.119 e. The Morgan fingerprint density at radius 2 is 1.88 bits per heavy atom. The Kier molecular flexibility index (Phi) is 6.50. The van der Waals surface area contributed by atoms with Crippen molar-refractivity contribution in [2.45, 2.75) is 19.1 Å². The van der Waals surface area contributed by atoms with Crippen LogP contribution in [0.4, 0.5) is 0 Å². The van der Waals surface area contributed by atoms with Gasteiger partial charge in [0.2, 0.25) is 0 Å². The van der Waals surface area contributed by atoms with Crippen molar-refractivity contribution in [1.29, 1.82) is 0 Å². The molecule has 2 atom stereocenters. The van der Waals surface area contributed by atoms with Gasteiger partial charge >= 0.3 is 0 Å². The summed E-state index contributed by atoms with van der Waals surface area (Å²) in [6, 6.07) is 7.43. The molecule has 96 valence electrons. The Hall–Kier alpha value is -0.620. The van der Waals surface area contributed by atoms with Gasteiger partial charge in [0.05, 0.1) is 6.10 Å². The maximum absolute atomic E-state index is 9.60. The number of rotatable bonds is 7. The van der Waals surface area contributed by atoms with Gasteiger partial charge in [-0.05, 0) is 31.2 Å². The van der Waals surface area contributed by atoms with E-state index in [0.29, 0.717) is 13.1 Å². The molecule has 0 radical (unpaired) electrons. The topological polar surface area (TPSA) is 61.7 Å². The SMILES string of the molecule is CC(O)CNCC(O)COc1ccc(Br)cc1. The number of aliphatic hydroxyl groups is 2. The van der Waals surface area contributed by atoms with Crippen LogP contribution in [-0.4, -0.2) is 42.1 Å². The van der Waals surface area contributed by atoms with E-state index in [9.17, 15) is 5.11 Å². The molecule has 0 spiro atoms. The lowest BCUT2D eigenvalue weighted by molar-refractivity contribution is 0.101.